The molecule has 1 aliphatic heterocycles. The number of sulfonamides is 1. The maximum Gasteiger partial charge on any atom is 0.241 e. The Balaban J connectivity index is 1.79. The number of aliphatic imine (C=N–C) groups is 1. The normalized spacial score (nSPS) is 22.2. The Hall–Kier alpha value is -1.55. The Morgan fingerprint density at radius 2 is 2.18 bits per heavy atom. The summed E-state index contributed by atoms with van der Waals surface area (Å²) in [5.74, 6) is -2.07. The van der Waals surface area contributed by atoms with E-state index in [1.807, 2.05) is 6.92 Å². The van der Waals surface area contributed by atoms with Crippen LogP contribution in [0.4, 0.5) is 5.69 Å². The molecule has 0 amide bonds. The lowest BCUT2D eigenvalue weighted by atomic mass is 9.90. The summed E-state index contributed by atoms with van der Waals surface area (Å²) in [7, 11) is -2.24. The van der Waals surface area contributed by atoms with Gasteiger partial charge in [-0.1, -0.05) is 11.6 Å². The molecule has 1 aliphatic carbocycles. The average molecular weight is 488 g/mol. The number of hydrogen-bond donors (Lipinski definition) is 1. The lowest BCUT2D eigenvalue weighted by Gasteiger charge is -2.22. The largest absolute Gasteiger partial charge is 0.293 e. The van der Waals surface area contributed by atoms with Crippen molar-refractivity contribution in [1.82, 2.24) is 14.5 Å². The standard InChI is InChI=1S/C18H18BrClN4O3S/c1-18(3-4-18)23-28(26,27)11-6-12-15(14(19)7-11)22-17(20)13(16(12)25)5-10-8-21-24(2)9-10/h6-9,13,23H,3-5H2,1-2H3/i5D2. The number of nitrogens with one attached hydrogen (secondary N) is 1. The molecule has 7 nitrogen and oxygen atoms in total. The van der Waals surface area contributed by atoms with E-state index in [0.717, 1.165) is 12.8 Å². The van der Waals surface area contributed by atoms with Crippen molar-refractivity contribution < 1.29 is 16.0 Å². The molecule has 1 saturated carbocycles. The summed E-state index contributed by atoms with van der Waals surface area (Å²) in [6.45, 7) is 1.81. The number of benzene rings is 1. The molecule has 0 spiro atoms. The summed E-state index contributed by atoms with van der Waals surface area (Å²) >= 11 is 9.53. The fourth-order valence-corrected chi connectivity index (χ4v) is 5.38. The van der Waals surface area contributed by atoms with Gasteiger partial charge in [0.15, 0.2) is 5.78 Å². The van der Waals surface area contributed by atoms with Crippen LogP contribution in [0.2, 0.25) is 0 Å². The van der Waals surface area contributed by atoms with Gasteiger partial charge in [0, 0.05) is 31.6 Å². The van der Waals surface area contributed by atoms with E-state index < -0.39 is 33.6 Å². The van der Waals surface area contributed by atoms with E-state index in [1.54, 1.807) is 7.05 Å². The summed E-state index contributed by atoms with van der Waals surface area (Å²) in [6, 6.07) is 2.60. The van der Waals surface area contributed by atoms with Crippen molar-refractivity contribution in [2.24, 2.45) is 18.0 Å². The van der Waals surface area contributed by atoms with E-state index in [4.69, 9.17) is 14.3 Å². The molecule has 0 bridgehead atoms. The topological polar surface area (TPSA) is 93.4 Å². The summed E-state index contributed by atoms with van der Waals surface area (Å²) in [4.78, 5) is 17.4. The molecular formula is C18H18BrClN4O3S. The van der Waals surface area contributed by atoms with Crippen LogP contribution in [0.25, 0.3) is 0 Å². The SMILES string of the molecule is [2H]C([2H])(c1cnn(C)c1)C1C(=O)c2cc(S(=O)(=O)NC3(C)CC3)cc(Br)c2N=C1Cl. The molecule has 0 radical (unpaired) electrons. The zero-order chi connectivity index (χ0) is 22.1. The van der Waals surface area contributed by atoms with Gasteiger partial charge in [0.25, 0.3) is 0 Å². The molecule has 1 atom stereocenters. The monoisotopic (exact) mass is 486 g/mol. The van der Waals surface area contributed by atoms with Gasteiger partial charge in [-0.15, -0.1) is 0 Å². The van der Waals surface area contributed by atoms with Crippen LogP contribution in [-0.4, -0.2) is 34.7 Å². The third kappa shape index (κ3) is 3.68. The van der Waals surface area contributed by atoms with Gasteiger partial charge in [0.1, 0.15) is 5.17 Å². The van der Waals surface area contributed by atoms with E-state index in [2.05, 4.69) is 30.7 Å². The second-order valence-electron chi connectivity index (χ2n) is 7.25. The van der Waals surface area contributed by atoms with Gasteiger partial charge in [-0.25, -0.2) is 18.1 Å². The number of aromatic nitrogens is 2. The lowest BCUT2D eigenvalue weighted by molar-refractivity contribution is 0.0953. The minimum Gasteiger partial charge on any atom is -0.293 e. The van der Waals surface area contributed by atoms with Crippen molar-refractivity contribution in [3.8, 4) is 0 Å². The number of aryl methyl sites for hydroxylation is 1. The van der Waals surface area contributed by atoms with Crippen LogP contribution in [0.15, 0.2) is 38.9 Å². The second-order valence-corrected chi connectivity index (χ2v) is 10.2. The first-order valence-electron chi connectivity index (χ1n) is 9.49. The Morgan fingerprint density at radius 1 is 1.46 bits per heavy atom. The van der Waals surface area contributed by atoms with Crippen molar-refractivity contribution in [2.45, 2.75) is 36.6 Å². The quantitative estimate of drug-likeness (QED) is 0.700. The van der Waals surface area contributed by atoms with E-state index in [9.17, 15) is 13.2 Å². The zero-order valence-electron chi connectivity index (χ0n) is 17.0. The summed E-state index contributed by atoms with van der Waals surface area (Å²) in [5.41, 5.74) is -0.133. The van der Waals surface area contributed by atoms with Crippen LogP contribution >= 0.6 is 27.5 Å². The molecule has 1 unspecified atom stereocenters. The van der Waals surface area contributed by atoms with Crippen molar-refractivity contribution in [1.29, 1.82) is 0 Å². The van der Waals surface area contributed by atoms with E-state index in [0.29, 0.717) is 0 Å². The van der Waals surface area contributed by atoms with Crippen LogP contribution in [0, 0.1) is 5.92 Å². The van der Waals surface area contributed by atoms with Gasteiger partial charge < -0.3 is 0 Å². The first-order valence-corrected chi connectivity index (χ1v) is 11.1. The summed E-state index contributed by atoms with van der Waals surface area (Å²) in [5, 5.41) is 3.75. The predicted molar refractivity (Wildman–Crippen MR) is 110 cm³/mol. The molecule has 0 saturated heterocycles. The number of hydrogen-bond acceptors (Lipinski definition) is 5. The van der Waals surface area contributed by atoms with Crippen LogP contribution < -0.4 is 4.72 Å². The molecule has 4 rings (SSSR count). The molecule has 1 N–H and O–H groups in total. The van der Waals surface area contributed by atoms with E-state index in [-0.39, 0.29) is 31.4 Å². The Kier molecular flexibility index (Phi) is 4.18. The maximum atomic E-state index is 13.3. The fourth-order valence-electron chi connectivity index (χ4n) is 2.93. The van der Waals surface area contributed by atoms with Gasteiger partial charge in [-0.3, -0.25) is 9.48 Å². The average Bonchev–Trinajstić information content (AvgIpc) is 3.16. The minimum atomic E-state index is -3.87. The summed E-state index contributed by atoms with van der Waals surface area (Å²) < 4.78 is 47.0. The molecule has 1 aromatic carbocycles. The number of ketones is 1. The molecular weight excluding hydrogens is 468 g/mol. The highest BCUT2D eigenvalue weighted by Crippen LogP contribution is 2.40. The molecule has 1 aromatic heterocycles. The van der Waals surface area contributed by atoms with Crippen molar-refractivity contribution >= 4 is 54.2 Å². The Morgan fingerprint density at radius 3 is 2.79 bits per heavy atom. The molecule has 1 fully saturated rings. The third-order valence-electron chi connectivity index (χ3n) is 4.73. The highest BCUT2D eigenvalue weighted by atomic mass is 79.9. The number of fused-ring (bicyclic) bond motifs is 1. The van der Waals surface area contributed by atoms with E-state index >= 15 is 0 Å². The fraction of sp³-hybridized carbons (Fsp3) is 0.389. The number of halogens is 2. The molecule has 10 heteroatoms. The third-order valence-corrected chi connectivity index (χ3v) is 7.25. The van der Waals surface area contributed by atoms with Gasteiger partial charge in [-0.05, 0) is 59.8 Å². The number of carbonyl (C=O) groups excluding carboxylic acids is 1. The maximum absolute atomic E-state index is 13.3. The molecule has 2 aromatic rings. The molecule has 2 aliphatic rings. The number of carbonyl (C=O) groups is 1. The van der Waals surface area contributed by atoms with Crippen LogP contribution in [0.5, 0.6) is 0 Å². The Labute approximate surface area is 179 Å². The number of Topliss-reactive ketones (excluding diaryl/α,β-unsaturated/α-hetero) is 1. The number of nitrogens with zero attached hydrogens (tertiary/aromatic N) is 3. The van der Waals surface area contributed by atoms with Crippen LogP contribution in [0.3, 0.4) is 0 Å². The van der Waals surface area contributed by atoms with E-state index in [1.165, 1.54) is 29.2 Å². The molecule has 28 heavy (non-hydrogen) atoms. The second kappa shape index (κ2) is 6.76. The summed E-state index contributed by atoms with van der Waals surface area (Å²) in [6.07, 6.45) is 2.08. The van der Waals surface area contributed by atoms with Crippen LogP contribution in [-0.2, 0) is 23.4 Å². The zero-order valence-corrected chi connectivity index (χ0v) is 18.2. The van der Waals surface area contributed by atoms with Gasteiger partial charge in [-0.2, -0.15) is 5.10 Å². The first kappa shape index (κ1) is 17.3. The molecule has 148 valence electrons. The van der Waals surface area contributed by atoms with Crippen LogP contribution in [0.1, 0.15) is 38.4 Å². The number of rotatable bonds is 5. The van der Waals surface area contributed by atoms with Crippen molar-refractivity contribution in [3.05, 3.63) is 40.1 Å². The Bertz CT molecular complexity index is 1210. The minimum absolute atomic E-state index is 0.00661. The van der Waals surface area contributed by atoms with Gasteiger partial charge >= 0.3 is 0 Å². The smallest absolute Gasteiger partial charge is 0.241 e. The lowest BCUT2D eigenvalue weighted by Crippen LogP contribution is -2.34. The van der Waals surface area contributed by atoms with Crippen molar-refractivity contribution in [3.63, 3.8) is 0 Å². The molecule has 2 heterocycles. The van der Waals surface area contributed by atoms with Gasteiger partial charge in [0.2, 0.25) is 10.0 Å². The highest BCUT2D eigenvalue weighted by Gasteiger charge is 2.42. The van der Waals surface area contributed by atoms with Crippen molar-refractivity contribution in [2.75, 3.05) is 0 Å². The van der Waals surface area contributed by atoms with Gasteiger partial charge in [0.05, 0.1) is 22.7 Å². The first-order chi connectivity index (χ1) is 13.8. The predicted octanol–water partition coefficient (Wildman–Crippen LogP) is 3.34. The highest BCUT2D eigenvalue weighted by molar-refractivity contribution is 9.10.